The van der Waals surface area contributed by atoms with Gasteiger partial charge in [0.05, 0.1) is 77.9 Å². The number of hydrogen-bond acceptors (Lipinski definition) is 12. The SMILES string of the molecule is CC(C)(C)OC(=O)N[C@@H]1[C@H]2OC(C)(C)O[C@H]2[C@]2(COCCOCCOCCOCCOS(C)(=O)=O)CC[C@H]1O2. The van der Waals surface area contributed by atoms with Gasteiger partial charge in [0.15, 0.2) is 5.79 Å². The molecule has 0 unspecified atom stereocenters. The lowest BCUT2D eigenvalue weighted by Gasteiger charge is -2.44. The number of fused-ring (bicyclic) bond motifs is 4. The first kappa shape index (κ1) is 32.4. The van der Waals surface area contributed by atoms with Crippen molar-refractivity contribution in [2.24, 2.45) is 0 Å². The van der Waals surface area contributed by atoms with E-state index < -0.39 is 45.3 Å². The highest BCUT2D eigenvalue weighted by molar-refractivity contribution is 7.85. The topological polar surface area (TPSA) is 146 Å². The second-order valence-corrected chi connectivity index (χ2v) is 13.0. The summed E-state index contributed by atoms with van der Waals surface area (Å²) in [4.78, 5) is 12.5. The number of rotatable bonds is 16. The van der Waals surface area contributed by atoms with E-state index in [9.17, 15) is 13.2 Å². The standard InChI is InChI=1S/C25H45NO12S/c1-23(2,3)38-22(27)26-19-18-7-8-25(35-18,21-20(19)36-24(4,5)37-21)17-33-14-13-31-10-9-30-11-12-32-15-16-34-39(6,28)29/h18-21H,7-17H2,1-6H3,(H,26,27)/t18-,19+,20-,21-,25-/m1/s1. The minimum atomic E-state index is -3.44. The van der Waals surface area contributed by atoms with Gasteiger partial charge in [-0.1, -0.05) is 0 Å². The van der Waals surface area contributed by atoms with Crippen LogP contribution in [0.3, 0.4) is 0 Å². The zero-order valence-corrected chi connectivity index (χ0v) is 24.7. The monoisotopic (exact) mass is 583 g/mol. The van der Waals surface area contributed by atoms with Crippen molar-refractivity contribution in [3.8, 4) is 0 Å². The fraction of sp³-hybridized carbons (Fsp3) is 0.960. The molecule has 0 radical (unpaired) electrons. The quantitative estimate of drug-likeness (QED) is 0.207. The number of ether oxygens (including phenoxy) is 8. The summed E-state index contributed by atoms with van der Waals surface area (Å²) in [6, 6.07) is -0.392. The molecule has 0 saturated carbocycles. The Labute approximate surface area is 231 Å². The first-order chi connectivity index (χ1) is 18.2. The van der Waals surface area contributed by atoms with Crippen LogP contribution in [0.2, 0.25) is 0 Å². The summed E-state index contributed by atoms with van der Waals surface area (Å²) in [5, 5.41) is 2.95. The Morgan fingerprint density at radius 1 is 0.897 bits per heavy atom. The van der Waals surface area contributed by atoms with E-state index in [1.807, 2.05) is 34.6 Å². The molecule has 3 saturated heterocycles. The Morgan fingerprint density at radius 2 is 1.46 bits per heavy atom. The molecule has 228 valence electrons. The number of carbonyl (C=O) groups excluding carboxylic acids is 1. The third kappa shape index (κ3) is 10.3. The molecule has 39 heavy (non-hydrogen) atoms. The van der Waals surface area contributed by atoms with Crippen molar-refractivity contribution in [2.75, 3.05) is 65.7 Å². The van der Waals surface area contributed by atoms with Crippen LogP contribution in [-0.4, -0.2) is 122 Å². The van der Waals surface area contributed by atoms with Gasteiger partial charge in [0, 0.05) is 0 Å². The maximum Gasteiger partial charge on any atom is 0.408 e. The highest BCUT2D eigenvalue weighted by Crippen LogP contribution is 2.49. The van der Waals surface area contributed by atoms with Gasteiger partial charge in [-0.2, -0.15) is 8.42 Å². The molecule has 14 heteroatoms. The predicted octanol–water partition coefficient (Wildman–Crippen LogP) is 1.37. The molecule has 0 aromatic heterocycles. The third-order valence-corrected chi connectivity index (χ3v) is 6.91. The summed E-state index contributed by atoms with van der Waals surface area (Å²) in [5.74, 6) is -0.817. The number of hydrogen-bond donors (Lipinski definition) is 1. The van der Waals surface area contributed by atoms with E-state index in [1.54, 1.807) is 0 Å². The van der Waals surface area contributed by atoms with Gasteiger partial charge < -0.3 is 43.2 Å². The third-order valence-electron chi connectivity index (χ3n) is 6.31. The maximum absolute atomic E-state index is 12.5. The fourth-order valence-electron chi connectivity index (χ4n) is 4.89. The van der Waals surface area contributed by atoms with E-state index in [4.69, 9.17) is 37.9 Å². The van der Waals surface area contributed by atoms with Crippen molar-refractivity contribution in [1.82, 2.24) is 5.32 Å². The molecule has 3 fully saturated rings. The van der Waals surface area contributed by atoms with E-state index in [0.29, 0.717) is 46.2 Å². The van der Waals surface area contributed by atoms with Crippen LogP contribution in [0, 0.1) is 0 Å². The molecule has 0 spiro atoms. The van der Waals surface area contributed by atoms with Crippen LogP contribution in [0.1, 0.15) is 47.5 Å². The van der Waals surface area contributed by atoms with Gasteiger partial charge in [-0.05, 0) is 47.5 Å². The van der Waals surface area contributed by atoms with Crippen molar-refractivity contribution in [3.05, 3.63) is 0 Å². The summed E-state index contributed by atoms with van der Waals surface area (Å²) < 4.78 is 72.8. The summed E-state index contributed by atoms with van der Waals surface area (Å²) in [6.45, 7) is 11.9. The van der Waals surface area contributed by atoms with E-state index in [1.165, 1.54) is 0 Å². The highest BCUT2D eigenvalue weighted by Gasteiger charge is 2.65. The normalized spacial score (nSPS) is 29.8. The van der Waals surface area contributed by atoms with Gasteiger partial charge >= 0.3 is 6.09 Å². The second-order valence-electron chi connectivity index (χ2n) is 11.4. The van der Waals surface area contributed by atoms with Crippen molar-refractivity contribution < 1.29 is 55.3 Å². The summed E-state index contributed by atoms with van der Waals surface area (Å²) in [6.07, 6.45) is 0.930. The maximum atomic E-state index is 12.5. The van der Waals surface area contributed by atoms with Crippen LogP contribution in [-0.2, 0) is 52.2 Å². The smallest absolute Gasteiger partial charge is 0.408 e. The van der Waals surface area contributed by atoms with E-state index in [0.717, 1.165) is 19.1 Å². The fourth-order valence-corrected chi connectivity index (χ4v) is 5.26. The molecule has 1 N–H and O–H groups in total. The van der Waals surface area contributed by atoms with Crippen molar-refractivity contribution in [1.29, 1.82) is 0 Å². The summed E-state index contributed by atoms with van der Waals surface area (Å²) in [7, 11) is -3.44. The van der Waals surface area contributed by atoms with Crippen LogP contribution in [0.25, 0.3) is 0 Å². The van der Waals surface area contributed by atoms with Gasteiger partial charge in [0.1, 0.15) is 23.4 Å². The van der Waals surface area contributed by atoms with E-state index >= 15 is 0 Å². The van der Waals surface area contributed by atoms with E-state index in [2.05, 4.69) is 9.50 Å². The Morgan fingerprint density at radius 3 is 2.03 bits per heavy atom. The van der Waals surface area contributed by atoms with Gasteiger partial charge in [-0.15, -0.1) is 0 Å². The predicted molar refractivity (Wildman–Crippen MR) is 138 cm³/mol. The summed E-state index contributed by atoms with van der Waals surface area (Å²) in [5.41, 5.74) is -1.27. The number of carbonyl (C=O) groups is 1. The van der Waals surface area contributed by atoms with Gasteiger partial charge in [0.25, 0.3) is 10.1 Å². The zero-order chi connectivity index (χ0) is 28.7. The highest BCUT2D eigenvalue weighted by atomic mass is 32.2. The first-order valence-corrected chi connectivity index (χ1v) is 15.2. The van der Waals surface area contributed by atoms with Crippen LogP contribution < -0.4 is 5.32 Å². The van der Waals surface area contributed by atoms with Crippen LogP contribution >= 0.6 is 0 Å². The molecule has 2 bridgehead atoms. The molecule has 1 amide bonds. The van der Waals surface area contributed by atoms with Crippen molar-refractivity contribution >= 4 is 16.2 Å². The molecule has 0 aromatic rings. The minimum Gasteiger partial charge on any atom is -0.444 e. The Kier molecular flexibility index (Phi) is 11.4. The largest absolute Gasteiger partial charge is 0.444 e. The molecule has 13 nitrogen and oxygen atoms in total. The molecule has 0 aliphatic carbocycles. The van der Waals surface area contributed by atoms with Crippen molar-refractivity contribution in [3.63, 3.8) is 0 Å². The summed E-state index contributed by atoms with van der Waals surface area (Å²) >= 11 is 0. The van der Waals surface area contributed by atoms with E-state index in [-0.39, 0.29) is 25.4 Å². The molecule has 5 atom stereocenters. The first-order valence-electron chi connectivity index (χ1n) is 13.4. The lowest BCUT2D eigenvalue weighted by molar-refractivity contribution is -0.205. The molecule has 3 aliphatic heterocycles. The lowest BCUT2D eigenvalue weighted by atomic mass is 9.88. The van der Waals surface area contributed by atoms with Crippen molar-refractivity contribution in [2.45, 2.75) is 88.8 Å². The number of nitrogens with one attached hydrogen (secondary N) is 1. The lowest BCUT2D eigenvalue weighted by Crippen LogP contribution is -2.65. The van der Waals surface area contributed by atoms with Gasteiger partial charge in [-0.3, -0.25) is 4.18 Å². The average molecular weight is 584 g/mol. The van der Waals surface area contributed by atoms with Crippen LogP contribution in [0.5, 0.6) is 0 Å². The molecule has 0 aromatic carbocycles. The van der Waals surface area contributed by atoms with Gasteiger partial charge in [0.2, 0.25) is 0 Å². The molecule has 3 rings (SSSR count). The van der Waals surface area contributed by atoms with Crippen LogP contribution in [0.15, 0.2) is 0 Å². The molecule has 3 aliphatic rings. The Hall–Kier alpha value is -1.10. The molecule has 3 heterocycles. The number of alkyl carbamates (subject to hydrolysis) is 1. The number of amides is 1. The Bertz CT molecular complexity index is 892. The van der Waals surface area contributed by atoms with Gasteiger partial charge in [-0.25, -0.2) is 4.79 Å². The molecular weight excluding hydrogens is 538 g/mol. The van der Waals surface area contributed by atoms with Crippen LogP contribution in [0.4, 0.5) is 4.79 Å². The Balaban J connectivity index is 1.33. The second kappa shape index (κ2) is 13.7. The average Bonchev–Trinajstić information content (AvgIpc) is 3.35. The molecular formula is C25H45NO12S. The minimum absolute atomic E-state index is 0.0171. The zero-order valence-electron chi connectivity index (χ0n) is 23.9.